The Morgan fingerprint density at radius 2 is 2.06 bits per heavy atom. The van der Waals surface area contributed by atoms with Gasteiger partial charge in [-0.25, -0.2) is 13.6 Å². The number of carbonyl (C=O) groups is 1. The summed E-state index contributed by atoms with van der Waals surface area (Å²) in [5, 5.41) is 11.4. The van der Waals surface area contributed by atoms with Crippen molar-refractivity contribution < 1.29 is 18.7 Å². The fourth-order valence-electron chi connectivity index (χ4n) is 1.17. The SMILES string of the molecule is CN(C(=O)Nc1ccc(F)cc1F)C(C)(C)CO. The van der Waals surface area contributed by atoms with Crippen LogP contribution in [0.25, 0.3) is 0 Å². The van der Waals surface area contributed by atoms with Crippen LogP contribution in [-0.2, 0) is 0 Å². The van der Waals surface area contributed by atoms with E-state index in [1.54, 1.807) is 13.8 Å². The second-order valence-corrected chi connectivity index (χ2v) is 4.58. The molecule has 0 spiro atoms. The van der Waals surface area contributed by atoms with Gasteiger partial charge in [-0.3, -0.25) is 0 Å². The molecule has 0 fully saturated rings. The van der Waals surface area contributed by atoms with Gasteiger partial charge in [0.05, 0.1) is 17.8 Å². The molecular weight excluding hydrogens is 242 g/mol. The number of carbonyl (C=O) groups excluding carboxylic acids is 1. The van der Waals surface area contributed by atoms with Gasteiger partial charge in [0.15, 0.2) is 0 Å². The van der Waals surface area contributed by atoms with Crippen molar-refractivity contribution in [3.63, 3.8) is 0 Å². The normalized spacial score (nSPS) is 11.2. The molecule has 2 amide bonds. The maximum atomic E-state index is 13.3. The number of anilines is 1. The van der Waals surface area contributed by atoms with E-state index in [4.69, 9.17) is 5.11 Å². The van der Waals surface area contributed by atoms with E-state index in [-0.39, 0.29) is 12.3 Å². The average Bonchev–Trinajstić information content (AvgIpc) is 2.31. The highest BCUT2D eigenvalue weighted by Crippen LogP contribution is 2.17. The van der Waals surface area contributed by atoms with Crippen LogP contribution >= 0.6 is 0 Å². The summed E-state index contributed by atoms with van der Waals surface area (Å²) >= 11 is 0. The predicted molar refractivity (Wildman–Crippen MR) is 64.3 cm³/mol. The fourth-order valence-corrected chi connectivity index (χ4v) is 1.17. The van der Waals surface area contributed by atoms with E-state index < -0.39 is 23.2 Å². The van der Waals surface area contributed by atoms with Gasteiger partial charge in [-0.1, -0.05) is 0 Å². The van der Waals surface area contributed by atoms with Crippen LogP contribution in [0.4, 0.5) is 19.3 Å². The molecule has 0 aliphatic carbocycles. The van der Waals surface area contributed by atoms with Crippen LogP contribution in [-0.4, -0.2) is 35.2 Å². The molecule has 0 unspecified atom stereocenters. The van der Waals surface area contributed by atoms with Gasteiger partial charge in [-0.2, -0.15) is 0 Å². The second-order valence-electron chi connectivity index (χ2n) is 4.58. The number of rotatable bonds is 3. The summed E-state index contributed by atoms with van der Waals surface area (Å²) in [6.07, 6.45) is 0. The number of hydrogen-bond acceptors (Lipinski definition) is 2. The molecule has 0 aromatic heterocycles. The number of amides is 2. The third kappa shape index (κ3) is 3.16. The highest BCUT2D eigenvalue weighted by molar-refractivity contribution is 5.89. The van der Waals surface area contributed by atoms with Crippen LogP contribution in [0.3, 0.4) is 0 Å². The van der Waals surface area contributed by atoms with Crippen molar-refractivity contribution in [3.8, 4) is 0 Å². The highest BCUT2D eigenvalue weighted by atomic mass is 19.1. The van der Waals surface area contributed by atoms with Crippen molar-refractivity contribution >= 4 is 11.7 Å². The van der Waals surface area contributed by atoms with Crippen molar-refractivity contribution in [2.24, 2.45) is 0 Å². The molecule has 0 bridgehead atoms. The van der Waals surface area contributed by atoms with Gasteiger partial charge in [0.25, 0.3) is 0 Å². The minimum atomic E-state index is -0.849. The van der Waals surface area contributed by atoms with E-state index in [1.807, 2.05) is 0 Å². The van der Waals surface area contributed by atoms with Crippen LogP contribution in [0.1, 0.15) is 13.8 Å². The van der Waals surface area contributed by atoms with Gasteiger partial charge < -0.3 is 15.3 Å². The van der Waals surface area contributed by atoms with Crippen LogP contribution in [0.5, 0.6) is 0 Å². The Morgan fingerprint density at radius 1 is 1.44 bits per heavy atom. The van der Waals surface area contributed by atoms with E-state index in [9.17, 15) is 13.6 Å². The molecule has 0 saturated carbocycles. The van der Waals surface area contributed by atoms with Crippen LogP contribution in [0.2, 0.25) is 0 Å². The lowest BCUT2D eigenvalue weighted by atomic mass is 10.1. The monoisotopic (exact) mass is 258 g/mol. The first-order chi connectivity index (χ1) is 8.27. The van der Waals surface area contributed by atoms with E-state index in [1.165, 1.54) is 11.9 Å². The number of hydrogen-bond donors (Lipinski definition) is 2. The Bertz CT molecular complexity index is 450. The van der Waals surface area contributed by atoms with Crippen molar-refractivity contribution in [2.45, 2.75) is 19.4 Å². The molecule has 6 heteroatoms. The van der Waals surface area contributed by atoms with Gasteiger partial charge in [0.2, 0.25) is 0 Å². The summed E-state index contributed by atoms with van der Waals surface area (Å²) < 4.78 is 26.0. The topological polar surface area (TPSA) is 52.6 Å². The van der Waals surface area contributed by atoms with Gasteiger partial charge in [0.1, 0.15) is 11.6 Å². The molecular formula is C12H16F2N2O2. The molecule has 1 aromatic carbocycles. The first-order valence-corrected chi connectivity index (χ1v) is 5.38. The largest absolute Gasteiger partial charge is 0.394 e. The van der Waals surface area contributed by atoms with Crippen LogP contribution in [0.15, 0.2) is 18.2 Å². The molecule has 18 heavy (non-hydrogen) atoms. The zero-order chi connectivity index (χ0) is 13.9. The third-order valence-electron chi connectivity index (χ3n) is 2.77. The van der Waals surface area contributed by atoms with E-state index in [2.05, 4.69) is 5.32 Å². The van der Waals surface area contributed by atoms with Gasteiger partial charge in [-0.05, 0) is 26.0 Å². The highest BCUT2D eigenvalue weighted by Gasteiger charge is 2.27. The maximum absolute atomic E-state index is 13.3. The number of aliphatic hydroxyl groups excluding tert-OH is 1. The molecule has 4 nitrogen and oxygen atoms in total. The average molecular weight is 258 g/mol. The zero-order valence-electron chi connectivity index (χ0n) is 10.5. The number of likely N-dealkylation sites (N-methyl/N-ethyl adjacent to an activating group) is 1. The Labute approximate surface area is 104 Å². The van der Waals surface area contributed by atoms with Crippen molar-refractivity contribution in [1.29, 1.82) is 0 Å². The van der Waals surface area contributed by atoms with Crippen LogP contribution < -0.4 is 5.32 Å². The standard InChI is InChI=1S/C12H16F2N2O2/c1-12(2,7-17)16(3)11(18)15-10-5-4-8(13)6-9(10)14/h4-6,17H,7H2,1-3H3,(H,15,18). The number of urea groups is 1. The lowest BCUT2D eigenvalue weighted by Gasteiger charge is -2.33. The lowest BCUT2D eigenvalue weighted by Crippen LogP contribution is -2.49. The molecule has 0 atom stereocenters. The fraction of sp³-hybridized carbons (Fsp3) is 0.417. The number of halogens is 2. The van der Waals surface area contributed by atoms with Gasteiger partial charge in [0, 0.05) is 13.1 Å². The van der Waals surface area contributed by atoms with Gasteiger partial charge >= 0.3 is 6.03 Å². The minimum absolute atomic E-state index is 0.109. The van der Waals surface area contributed by atoms with Crippen LogP contribution in [0, 0.1) is 11.6 Å². The summed E-state index contributed by atoms with van der Waals surface area (Å²) in [4.78, 5) is 13.0. The summed E-state index contributed by atoms with van der Waals surface area (Å²) in [5.74, 6) is -1.56. The second kappa shape index (κ2) is 5.30. The molecule has 0 aliphatic rings. The molecule has 0 saturated heterocycles. The van der Waals surface area contributed by atoms with Crippen molar-refractivity contribution in [1.82, 2.24) is 4.90 Å². The molecule has 2 N–H and O–H groups in total. The number of aliphatic hydroxyl groups is 1. The number of nitrogens with zero attached hydrogens (tertiary/aromatic N) is 1. The van der Waals surface area contributed by atoms with E-state index in [0.29, 0.717) is 6.07 Å². The zero-order valence-corrected chi connectivity index (χ0v) is 10.5. The molecule has 0 heterocycles. The Kier molecular flexibility index (Phi) is 4.24. The molecule has 1 aromatic rings. The molecule has 0 radical (unpaired) electrons. The number of benzene rings is 1. The molecule has 0 aliphatic heterocycles. The maximum Gasteiger partial charge on any atom is 0.322 e. The van der Waals surface area contributed by atoms with Crippen molar-refractivity contribution in [3.05, 3.63) is 29.8 Å². The Balaban J connectivity index is 2.82. The third-order valence-corrected chi connectivity index (χ3v) is 2.77. The summed E-state index contributed by atoms with van der Waals surface area (Å²) in [6.45, 7) is 3.09. The Hall–Kier alpha value is -1.69. The summed E-state index contributed by atoms with van der Waals surface area (Å²) in [5.41, 5.74) is -0.886. The smallest absolute Gasteiger partial charge is 0.322 e. The summed E-state index contributed by atoms with van der Waals surface area (Å²) in [6, 6.07) is 2.30. The first-order valence-electron chi connectivity index (χ1n) is 5.38. The predicted octanol–water partition coefficient (Wildman–Crippen LogP) is 2.20. The quantitative estimate of drug-likeness (QED) is 0.873. The lowest BCUT2D eigenvalue weighted by molar-refractivity contribution is 0.104. The molecule has 1 rings (SSSR count). The van der Waals surface area contributed by atoms with Gasteiger partial charge in [-0.15, -0.1) is 0 Å². The van der Waals surface area contributed by atoms with Crippen molar-refractivity contribution in [2.75, 3.05) is 19.0 Å². The molecule has 100 valence electrons. The minimum Gasteiger partial charge on any atom is -0.394 e. The van der Waals surface area contributed by atoms with E-state index in [0.717, 1.165) is 12.1 Å². The first kappa shape index (κ1) is 14.4. The number of nitrogens with one attached hydrogen (secondary N) is 1. The Morgan fingerprint density at radius 3 is 2.56 bits per heavy atom. The summed E-state index contributed by atoms with van der Waals surface area (Å²) in [7, 11) is 1.48. The van der Waals surface area contributed by atoms with E-state index >= 15 is 0 Å².